The van der Waals surface area contributed by atoms with Crippen molar-refractivity contribution in [1.29, 1.82) is 0 Å². The Morgan fingerprint density at radius 3 is 2.44 bits per heavy atom. The van der Waals surface area contributed by atoms with Gasteiger partial charge < -0.3 is 0 Å². The van der Waals surface area contributed by atoms with E-state index in [0.29, 0.717) is 5.57 Å². The third kappa shape index (κ3) is 2.28. The second-order valence-corrected chi connectivity index (χ2v) is 3.59. The Kier molecular flexibility index (Phi) is 3.79. The SMILES string of the molecule is C=CC1=C(C=C)C(=O)N(CC(=O)Cl)C(=O)C1. The lowest BCUT2D eigenvalue weighted by molar-refractivity contribution is -0.144. The van der Waals surface area contributed by atoms with E-state index in [9.17, 15) is 14.4 Å². The van der Waals surface area contributed by atoms with Crippen LogP contribution < -0.4 is 0 Å². The number of halogens is 1. The normalized spacial score (nSPS) is 16.4. The highest BCUT2D eigenvalue weighted by molar-refractivity contribution is 6.64. The van der Waals surface area contributed by atoms with E-state index in [-0.39, 0.29) is 12.0 Å². The minimum absolute atomic E-state index is 0.0285. The van der Waals surface area contributed by atoms with Gasteiger partial charge in [0.05, 0.1) is 6.42 Å². The van der Waals surface area contributed by atoms with Gasteiger partial charge in [-0.2, -0.15) is 0 Å². The molecule has 16 heavy (non-hydrogen) atoms. The van der Waals surface area contributed by atoms with Gasteiger partial charge in [0.2, 0.25) is 11.1 Å². The van der Waals surface area contributed by atoms with Crippen molar-refractivity contribution in [1.82, 2.24) is 4.90 Å². The third-order valence-corrected chi connectivity index (χ3v) is 2.32. The summed E-state index contributed by atoms with van der Waals surface area (Å²) in [5.41, 5.74) is 0.802. The van der Waals surface area contributed by atoms with Crippen molar-refractivity contribution in [2.45, 2.75) is 6.42 Å². The van der Waals surface area contributed by atoms with E-state index in [1.165, 1.54) is 12.2 Å². The molecule has 0 N–H and O–H groups in total. The molecule has 0 unspecified atom stereocenters. The Balaban J connectivity index is 3.12. The van der Waals surface area contributed by atoms with Crippen LogP contribution in [0.1, 0.15) is 6.42 Å². The van der Waals surface area contributed by atoms with Crippen molar-refractivity contribution in [3.8, 4) is 0 Å². The Labute approximate surface area is 97.9 Å². The lowest BCUT2D eigenvalue weighted by atomic mass is 9.99. The maximum absolute atomic E-state index is 11.8. The fourth-order valence-corrected chi connectivity index (χ4v) is 1.55. The number of hydrogen-bond donors (Lipinski definition) is 0. The van der Waals surface area contributed by atoms with Crippen LogP contribution in [0.15, 0.2) is 36.5 Å². The van der Waals surface area contributed by atoms with E-state index in [1.807, 2.05) is 0 Å². The first-order valence-electron chi connectivity index (χ1n) is 4.52. The molecule has 2 amide bonds. The summed E-state index contributed by atoms with van der Waals surface area (Å²) in [6, 6.07) is 0. The molecular weight excluding hydrogens is 230 g/mol. The molecule has 1 heterocycles. The quantitative estimate of drug-likeness (QED) is 0.547. The van der Waals surface area contributed by atoms with Gasteiger partial charge >= 0.3 is 0 Å². The summed E-state index contributed by atoms with van der Waals surface area (Å²) in [7, 11) is 0. The van der Waals surface area contributed by atoms with Crippen molar-refractivity contribution < 1.29 is 14.4 Å². The van der Waals surface area contributed by atoms with Gasteiger partial charge in [0.25, 0.3) is 5.91 Å². The Bertz CT molecular complexity index is 423. The van der Waals surface area contributed by atoms with Crippen molar-refractivity contribution in [2.75, 3.05) is 6.54 Å². The predicted molar refractivity (Wildman–Crippen MR) is 59.6 cm³/mol. The van der Waals surface area contributed by atoms with Crippen LogP contribution in [0.5, 0.6) is 0 Å². The maximum atomic E-state index is 11.8. The molecule has 5 heteroatoms. The van der Waals surface area contributed by atoms with Crippen LogP contribution in [0.25, 0.3) is 0 Å². The van der Waals surface area contributed by atoms with Gasteiger partial charge in [0.15, 0.2) is 0 Å². The summed E-state index contributed by atoms with van der Waals surface area (Å²) >= 11 is 5.16. The molecule has 0 spiro atoms. The molecule has 0 aromatic rings. The molecule has 0 aromatic heterocycles. The van der Waals surface area contributed by atoms with E-state index in [0.717, 1.165) is 4.90 Å². The molecule has 1 rings (SSSR count). The monoisotopic (exact) mass is 239 g/mol. The van der Waals surface area contributed by atoms with E-state index in [2.05, 4.69) is 13.2 Å². The molecule has 0 saturated heterocycles. The van der Waals surface area contributed by atoms with Gasteiger partial charge in [-0.3, -0.25) is 19.3 Å². The van der Waals surface area contributed by atoms with Crippen LogP contribution in [-0.4, -0.2) is 28.5 Å². The standard InChI is InChI=1S/C11H10ClNO3/c1-3-7-5-10(15)13(6-9(12)14)11(16)8(7)4-2/h3-4H,1-2,5-6H2. The Hall–Kier alpha value is -1.68. The van der Waals surface area contributed by atoms with Gasteiger partial charge in [-0.05, 0) is 17.2 Å². The summed E-state index contributed by atoms with van der Waals surface area (Å²) in [5.74, 6) is -1.02. The summed E-state index contributed by atoms with van der Waals surface area (Å²) < 4.78 is 0. The Morgan fingerprint density at radius 2 is 2.00 bits per heavy atom. The number of rotatable bonds is 4. The molecule has 1 aliphatic rings. The van der Waals surface area contributed by atoms with Gasteiger partial charge in [0, 0.05) is 5.57 Å². The average Bonchev–Trinajstić information content (AvgIpc) is 2.23. The number of allylic oxidation sites excluding steroid dienone is 1. The minimum atomic E-state index is -0.757. The first-order valence-corrected chi connectivity index (χ1v) is 4.90. The third-order valence-electron chi connectivity index (χ3n) is 2.20. The van der Waals surface area contributed by atoms with Crippen LogP contribution in [-0.2, 0) is 14.4 Å². The lowest BCUT2D eigenvalue weighted by Crippen LogP contribution is -2.43. The average molecular weight is 240 g/mol. The predicted octanol–water partition coefficient (Wildman–Crippen LogP) is 1.18. The molecule has 0 radical (unpaired) electrons. The first kappa shape index (κ1) is 12.4. The van der Waals surface area contributed by atoms with E-state index >= 15 is 0 Å². The fraction of sp³-hybridized carbons (Fsp3) is 0.182. The summed E-state index contributed by atoms with van der Waals surface area (Å²) in [4.78, 5) is 34.9. The van der Waals surface area contributed by atoms with E-state index in [4.69, 9.17) is 11.6 Å². The number of imide groups is 1. The van der Waals surface area contributed by atoms with Crippen LogP contribution in [0.2, 0.25) is 0 Å². The molecule has 0 atom stereocenters. The minimum Gasteiger partial charge on any atom is -0.279 e. The number of carbonyl (C=O) groups excluding carboxylic acids is 3. The van der Waals surface area contributed by atoms with Crippen LogP contribution in [0, 0.1) is 0 Å². The largest absolute Gasteiger partial charge is 0.279 e. The molecule has 0 fully saturated rings. The zero-order valence-corrected chi connectivity index (χ0v) is 9.29. The van der Waals surface area contributed by atoms with Gasteiger partial charge in [-0.25, -0.2) is 0 Å². The number of carbonyl (C=O) groups is 3. The highest BCUT2D eigenvalue weighted by Gasteiger charge is 2.31. The second-order valence-electron chi connectivity index (χ2n) is 3.16. The number of amides is 2. The van der Waals surface area contributed by atoms with Gasteiger partial charge in [0.1, 0.15) is 6.54 Å². The lowest BCUT2D eigenvalue weighted by Gasteiger charge is -2.25. The zero-order valence-electron chi connectivity index (χ0n) is 8.53. The van der Waals surface area contributed by atoms with Crippen molar-refractivity contribution in [3.05, 3.63) is 36.5 Å². The maximum Gasteiger partial charge on any atom is 0.261 e. The van der Waals surface area contributed by atoms with Crippen molar-refractivity contribution >= 4 is 28.7 Å². The van der Waals surface area contributed by atoms with E-state index < -0.39 is 23.6 Å². The van der Waals surface area contributed by atoms with Crippen molar-refractivity contribution in [3.63, 3.8) is 0 Å². The fourth-order valence-electron chi connectivity index (χ4n) is 1.43. The molecule has 0 aliphatic carbocycles. The topological polar surface area (TPSA) is 54.5 Å². The molecule has 0 aromatic carbocycles. The summed E-state index contributed by atoms with van der Waals surface area (Å²) in [5, 5.41) is -0.757. The highest BCUT2D eigenvalue weighted by Crippen LogP contribution is 2.21. The van der Waals surface area contributed by atoms with Crippen LogP contribution >= 0.6 is 11.6 Å². The number of nitrogens with zero attached hydrogens (tertiary/aromatic N) is 1. The molecule has 0 saturated carbocycles. The molecule has 4 nitrogen and oxygen atoms in total. The van der Waals surface area contributed by atoms with Gasteiger partial charge in [-0.15, -0.1) is 0 Å². The van der Waals surface area contributed by atoms with Crippen LogP contribution in [0.4, 0.5) is 0 Å². The second kappa shape index (κ2) is 4.90. The first-order chi connectivity index (χ1) is 7.51. The van der Waals surface area contributed by atoms with E-state index in [1.54, 1.807) is 0 Å². The molecular formula is C11H10ClNO3. The smallest absolute Gasteiger partial charge is 0.261 e. The summed E-state index contributed by atoms with van der Waals surface area (Å²) in [6.45, 7) is 6.59. The zero-order chi connectivity index (χ0) is 12.3. The molecule has 84 valence electrons. The molecule has 0 bridgehead atoms. The molecule has 1 aliphatic heterocycles. The summed E-state index contributed by atoms with van der Waals surface area (Å²) in [6.07, 6.45) is 2.81. The van der Waals surface area contributed by atoms with Crippen molar-refractivity contribution in [2.24, 2.45) is 0 Å². The van der Waals surface area contributed by atoms with Crippen LogP contribution in [0.3, 0.4) is 0 Å². The highest BCUT2D eigenvalue weighted by atomic mass is 35.5. The Morgan fingerprint density at radius 1 is 1.38 bits per heavy atom. The number of hydrogen-bond acceptors (Lipinski definition) is 3. The van der Waals surface area contributed by atoms with Gasteiger partial charge in [-0.1, -0.05) is 25.3 Å².